The molecule has 0 spiro atoms. The van der Waals surface area contributed by atoms with E-state index in [2.05, 4.69) is 0 Å². The molecule has 2 fully saturated rings. The van der Waals surface area contributed by atoms with Crippen molar-refractivity contribution >= 4 is 6.03 Å². The predicted octanol–water partition coefficient (Wildman–Crippen LogP) is 1.79. The summed E-state index contributed by atoms with van der Waals surface area (Å²) >= 11 is 0. The van der Waals surface area contributed by atoms with Crippen LogP contribution in [0.4, 0.5) is 4.79 Å². The van der Waals surface area contributed by atoms with Crippen molar-refractivity contribution < 1.29 is 4.79 Å². The summed E-state index contributed by atoms with van der Waals surface area (Å²) in [5.41, 5.74) is 0. The molecule has 2 unspecified atom stereocenters. The minimum Gasteiger partial charge on any atom is -0.328 e. The number of amides is 2. The highest BCUT2D eigenvalue weighted by Crippen LogP contribution is 2.37. The van der Waals surface area contributed by atoms with Crippen LogP contribution in [0.25, 0.3) is 0 Å². The van der Waals surface area contributed by atoms with Gasteiger partial charge in [0.25, 0.3) is 0 Å². The number of hydrogen-bond acceptors (Lipinski definition) is 1. The SMILES string of the molecule is CCN(C)C(=O)N1CC2CCCC2C1. The first-order chi connectivity index (χ1) is 6.72. The second-order valence-corrected chi connectivity index (χ2v) is 4.65. The van der Waals surface area contributed by atoms with Crippen LogP contribution >= 0.6 is 0 Å². The van der Waals surface area contributed by atoms with Gasteiger partial charge in [-0.15, -0.1) is 0 Å². The lowest BCUT2D eigenvalue weighted by Gasteiger charge is -2.24. The summed E-state index contributed by atoms with van der Waals surface area (Å²) in [6.45, 7) is 4.85. The molecule has 0 aromatic rings. The number of carbonyl (C=O) groups is 1. The van der Waals surface area contributed by atoms with Crippen LogP contribution < -0.4 is 0 Å². The normalized spacial score (nSPS) is 30.6. The zero-order valence-electron chi connectivity index (χ0n) is 9.20. The van der Waals surface area contributed by atoms with Crippen LogP contribution in [0.5, 0.6) is 0 Å². The van der Waals surface area contributed by atoms with E-state index in [1.807, 2.05) is 18.9 Å². The van der Waals surface area contributed by atoms with Crippen LogP contribution in [-0.4, -0.2) is 42.5 Å². The van der Waals surface area contributed by atoms with E-state index in [1.54, 1.807) is 4.90 Å². The van der Waals surface area contributed by atoms with Gasteiger partial charge >= 0.3 is 6.03 Å². The second kappa shape index (κ2) is 3.79. The molecule has 2 amide bonds. The quantitative estimate of drug-likeness (QED) is 0.627. The van der Waals surface area contributed by atoms with Crippen molar-refractivity contribution in [3.63, 3.8) is 0 Å². The Morgan fingerprint density at radius 2 is 1.93 bits per heavy atom. The molecular weight excluding hydrogens is 176 g/mol. The second-order valence-electron chi connectivity index (χ2n) is 4.65. The summed E-state index contributed by atoms with van der Waals surface area (Å²) in [7, 11) is 1.89. The monoisotopic (exact) mass is 196 g/mol. The molecule has 0 bridgehead atoms. The Bertz CT molecular complexity index is 217. The minimum atomic E-state index is 0.224. The maximum absolute atomic E-state index is 11.9. The van der Waals surface area contributed by atoms with Crippen LogP contribution in [0.15, 0.2) is 0 Å². The van der Waals surface area contributed by atoms with Gasteiger partial charge in [-0.1, -0.05) is 6.42 Å². The highest BCUT2D eigenvalue weighted by molar-refractivity contribution is 5.74. The van der Waals surface area contributed by atoms with Gasteiger partial charge in [-0.05, 0) is 31.6 Å². The van der Waals surface area contributed by atoms with Crippen molar-refractivity contribution in [2.24, 2.45) is 11.8 Å². The lowest BCUT2D eigenvalue weighted by atomic mass is 10.0. The smallest absolute Gasteiger partial charge is 0.319 e. The van der Waals surface area contributed by atoms with E-state index in [1.165, 1.54) is 19.3 Å². The summed E-state index contributed by atoms with van der Waals surface area (Å²) in [6, 6.07) is 0.224. The Labute approximate surface area is 86.1 Å². The van der Waals surface area contributed by atoms with Gasteiger partial charge in [-0.3, -0.25) is 0 Å². The molecule has 3 nitrogen and oxygen atoms in total. The first-order valence-electron chi connectivity index (χ1n) is 5.72. The van der Waals surface area contributed by atoms with Gasteiger partial charge in [0.15, 0.2) is 0 Å². The third-order valence-electron chi connectivity index (χ3n) is 3.80. The summed E-state index contributed by atoms with van der Waals surface area (Å²) in [5.74, 6) is 1.62. The van der Waals surface area contributed by atoms with Crippen LogP contribution in [0, 0.1) is 11.8 Å². The lowest BCUT2D eigenvalue weighted by molar-refractivity contribution is 0.171. The maximum atomic E-state index is 11.9. The zero-order chi connectivity index (χ0) is 10.1. The van der Waals surface area contributed by atoms with E-state index in [0.717, 1.165) is 31.5 Å². The summed E-state index contributed by atoms with van der Waals surface area (Å²) in [4.78, 5) is 15.7. The van der Waals surface area contributed by atoms with Gasteiger partial charge in [0.1, 0.15) is 0 Å². The largest absolute Gasteiger partial charge is 0.328 e. The Morgan fingerprint density at radius 3 is 2.43 bits per heavy atom. The van der Waals surface area contributed by atoms with E-state index >= 15 is 0 Å². The van der Waals surface area contributed by atoms with Crippen molar-refractivity contribution in [2.45, 2.75) is 26.2 Å². The molecule has 0 N–H and O–H groups in total. The van der Waals surface area contributed by atoms with E-state index in [4.69, 9.17) is 0 Å². The van der Waals surface area contributed by atoms with E-state index in [-0.39, 0.29) is 6.03 Å². The molecule has 0 aromatic heterocycles. The summed E-state index contributed by atoms with van der Waals surface area (Å²) in [5, 5.41) is 0. The van der Waals surface area contributed by atoms with Gasteiger partial charge < -0.3 is 9.80 Å². The maximum Gasteiger partial charge on any atom is 0.319 e. The number of rotatable bonds is 1. The number of nitrogens with zero attached hydrogens (tertiary/aromatic N) is 2. The molecular formula is C11H20N2O. The molecule has 2 atom stereocenters. The van der Waals surface area contributed by atoms with Crippen LogP contribution in [0.2, 0.25) is 0 Å². The Morgan fingerprint density at radius 1 is 1.36 bits per heavy atom. The molecule has 80 valence electrons. The Kier molecular flexibility index (Phi) is 2.66. The highest BCUT2D eigenvalue weighted by Gasteiger charge is 2.38. The van der Waals surface area contributed by atoms with Gasteiger partial charge in [-0.25, -0.2) is 4.79 Å². The number of urea groups is 1. The minimum absolute atomic E-state index is 0.224. The number of carbonyl (C=O) groups excluding carboxylic acids is 1. The van der Waals surface area contributed by atoms with Crippen molar-refractivity contribution in [2.75, 3.05) is 26.7 Å². The van der Waals surface area contributed by atoms with E-state index in [9.17, 15) is 4.79 Å². The molecule has 2 rings (SSSR count). The lowest BCUT2D eigenvalue weighted by Crippen LogP contribution is -2.40. The molecule has 1 aliphatic heterocycles. The molecule has 3 heteroatoms. The van der Waals surface area contributed by atoms with Crippen molar-refractivity contribution in [1.29, 1.82) is 0 Å². The molecule has 1 aliphatic carbocycles. The fourth-order valence-corrected chi connectivity index (χ4v) is 2.77. The number of hydrogen-bond donors (Lipinski definition) is 0. The molecule has 0 radical (unpaired) electrons. The number of fused-ring (bicyclic) bond motifs is 1. The average molecular weight is 196 g/mol. The van der Waals surface area contributed by atoms with E-state index < -0.39 is 0 Å². The topological polar surface area (TPSA) is 23.6 Å². The molecule has 1 heterocycles. The van der Waals surface area contributed by atoms with Crippen LogP contribution in [0.3, 0.4) is 0 Å². The number of likely N-dealkylation sites (tertiary alicyclic amines) is 1. The molecule has 1 saturated heterocycles. The van der Waals surface area contributed by atoms with Crippen LogP contribution in [-0.2, 0) is 0 Å². The molecule has 2 aliphatic rings. The molecule has 1 saturated carbocycles. The Hall–Kier alpha value is -0.730. The van der Waals surface area contributed by atoms with Crippen molar-refractivity contribution in [1.82, 2.24) is 9.80 Å². The molecule has 14 heavy (non-hydrogen) atoms. The van der Waals surface area contributed by atoms with Crippen molar-refractivity contribution in [3.8, 4) is 0 Å². The third-order valence-corrected chi connectivity index (χ3v) is 3.80. The Balaban J connectivity index is 1.92. The van der Waals surface area contributed by atoms with E-state index in [0.29, 0.717) is 0 Å². The highest BCUT2D eigenvalue weighted by atomic mass is 16.2. The standard InChI is InChI=1S/C11H20N2O/c1-3-12(2)11(14)13-7-9-5-4-6-10(9)8-13/h9-10H,3-8H2,1-2H3. The third kappa shape index (κ3) is 1.60. The fraction of sp³-hybridized carbons (Fsp3) is 0.909. The zero-order valence-corrected chi connectivity index (χ0v) is 9.20. The predicted molar refractivity (Wildman–Crippen MR) is 56.1 cm³/mol. The van der Waals surface area contributed by atoms with Gasteiger partial charge in [-0.2, -0.15) is 0 Å². The summed E-state index contributed by atoms with van der Waals surface area (Å²) in [6.07, 6.45) is 4.05. The first kappa shape index (κ1) is 9.81. The first-order valence-corrected chi connectivity index (χ1v) is 5.72. The van der Waals surface area contributed by atoms with Crippen molar-refractivity contribution in [3.05, 3.63) is 0 Å². The summed E-state index contributed by atoms with van der Waals surface area (Å²) < 4.78 is 0. The average Bonchev–Trinajstić information content (AvgIpc) is 2.74. The van der Waals surface area contributed by atoms with Gasteiger partial charge in [0.2, 0.25) is 0 Å². The fourth-order valence-electron chi connectivity index (χ4n) is 2.77. The van der Waals surface area contributed by atoms with Crippen LogP contribution in [0.1, 0.15) is 26.2 Å². The van der Waals surface area contributed by atoms with Gasteiger partial charge in [0, 0.05) is 26.7 Å². The molecule has 0 aromatic carbocycles. The van der Waals surface area contributed by atoms with Gasteiger partial charge in [0.05, 0.1) is 0 Å².